The molecule has 0 aliphatic carbocycles. The van der Waals surface area contributed by atoms with E-state index in [0.29, 0.717) is 24.1 Å². The van der Waals surface area contributed by atoms with Crippen LogP contribution < -0.4 is 5.73 Å². The van der Waals surface area contributed by atoms with Gasteiger partial charge < -0.3 is 15.0 Å². The third-order valence-electron chi connectivity index (χ3n) is 1.87. The van der Waals surface area contributed by atoms with Crippen LogP contribution in [0.25, 0.3) is 11.6 Å². The van der Waals surface area contributed by atoms with Crippen LogP contribution in [0.3, 0.4) is 0 Å². The summed E-state index contributed by atoms with van der Waals surface area (Å²) in [5.74, 6) is 1.04. The molecule has 0 fully saturated rings. The van der Waals surface area contributed by atoms with E-state index < -0.39 is 6.04 Å². The average Bonchev–Trinajstić information content (AvgIpc) is 2.80. The van der Waals surface area contributed by atoms with Gasteiger partial charge in [0.1, 0.15) is 6.04 Å². The predicted molar refractivity (Wildman–Crippen MR) is 54.1 cm³/mol. The minimum Gasteiger partial charge on any atom is -0.383 e. The van der Waals surface area contributed by atoms with Gasteiger partial charge in [-0.25, -0.2) is 9.97 Å². The Morgan fingerprint density at radius 2 is 2.12 bits per heavy atom. The van der Waals surface area contributed by atoms with Crippen LogP contribution in [0.5, 0.6) is 0 Å². The van der Waals surface area contributed by atoms with Gasteiger partial charge in [-0.15, -0.1) is 0 Å². The van der Waals surface area contributed by atoms with Gasteiger partial charge in [0.15, 0.2) is 0 Å². The Kier molecular flexibility index (Phi) is 3.18. The zero-order valence-corrected chi connectivity index (χ0v) is 8.70. The van der Waals surface area contributed by atoms with Gasteiger partial charge in [-0.3, -0.25) is 0 Å². The third-order valence-corrected chi connectivity index (χ3v) is 1.87. The summed E-state index contributed by atoms with van der Waals surface area (Å²) >= 11 is 0. The van der Waals surface area contributed by atoms with Gasteiger partial charge in [0, 0.05) is 19.5 Å². The van der Waals surface area contributed by atoms with E-state index in [2.05, 4.69) is 20.1 Å². The minimum atomic E-state index is -0.435. The second-order valence-corrected chi connectivity index (χ2v) is 3.09. The zero-order chi connectivity index (χ0) is 11.4. The van der Waals surface area contributed by atoms with Crippen molar-refractivity contribution in [1.82, 2.24) is 20.1 Å². The number of hydrogen-bond acceptors (Lipinski definition) is 7. The summed E-state index contributed by atoms with van der Waals surface area (Å²) in [6.07, 6.45) is 3.21. The second kappa shape index (κ2) is 4.77. The first-order valence-corrected chi connectivity index (χ1v) is 4.66. The van der Waals surface area contributed by atoms with Crippen LogP contribution in [-0.2, 0) is 4.74 Å². The van der Waals surface area contributed by atoms with Crippen LogP contribution >= 0.6 is 0 Å². The van der Waals surface area contributed by atoms with Crippen molar-refractivity contribution in [2.24, 2.45) is 5.73 Å². The molecule has 7 nitrogen and oxygen atoms in total. The lowest BCUT2D eigenvalue weighted by atomic mass is 10.3. The SMILES string of the molecule is COCC(N)c1nc(-c2ncccn2)no1. The molecule has 1 atom stereocenters. The maximum Gasteiger partial charge on any atom is 0.246 e. The quantitative estimate of drug-likeness (QED) is 0.785. The van der Waals surface area contributed by atoms with Crippen LogP contribution in [0.2, 0.25) is 0 Å². The molecular formula is C9H11N5O2. The molecule has 1 unspecified atom stereocenters. The van der Waals surface area contributed by atoms with E-state index in [0.717, 1.165) is 0 Å². The van der Waals surface area contributed by atoms with Gasteiger partial charge >= 0.3 is 0 Å². The Bertz CT molecular complexity index is 444. The van der Waals surface area contributed by atoms with Crippen LogP contribution in [0.15, 0.2) is 23.0 Å². The predicted octanol–water partition coefficient (Wildman–Crippen LogP) is 0.173. The van der Waals surface area contributed by atoms with E-state index in [1.54, 1.807) is 25.6 Å². The van der Waals surface area contributed by atoms with E-state index in [-0.39, 0.29) is 0 Å². The molecule has 2 aromatic rings. The molecule has 0 aromatic carbocycles. The molecule has 2 heterocycles. The van der Waals surface area contributed by atoms with Gasteiger partial charge in [0.25, 0.3) is 0 Å². The molecule has 2 aromatic heterocycles. The highest BCUT2D eigenvalue weighted by Gasteiger charge is 2.16. The smallest absolute Gasteiger partial charge is 0.246 e. The number of methoxy groups -OCH3 is 1. The van der Waals surface area contributed by atoms with E-state index in [4.69, 9.17) is 15.0 Å². The molecule has 16 heavy (non-hydrogen) atoms. The fourth-order valence-corrected chi connectivity index (χ4v) is 1.14. The lowest BCUT2D eigenvalue weighted by Gasteiger charge is -2.02. The molecule has 0 radical (unpaired) electrons. The van der Waals surface area contributed by atoms with Crippen LogP contribution in [0, 0.1) is 0 Å². The van der Waals surface area contributed by atoms with Crippen molar-refractivity contribution >= 4 is 0 Å². The van der Waals surface area contributed by atoms with Gasteiger partial charge in [-0.1, -0.05) is 5.16 Å². The van der Waals surface area contributed by atoms with Crippen molar-refractivity contribution in [3.8, 4) is 11.6 Å². The Labute approximate surface area is 91.7 Å². The van der Waals surface area contributed by atoms with Gasteiger partial charge in [-0.2, -0.15) is 4.98 Å². The van der Waals surface area contributed by atoms with E-state index >= 15 is 0 Å². The molecule has 0 aliphatic heterocycles. The highest BCUT2D eigenvalue weighted by molar-refractivity contribution is 5.40. The summed E-state index contributed by atoms with van der Waals surface area (Å²) in [4.78, 5) is 12.1. The fourth-order valence-electron chi connectivity index (χ4n) is 1.14. The van der Waals surface area contributed by atoms with Crippen molar-refractivity contribution in [2.45, 2.75) is 6.04 Å². The Hall–Kier alpha value is -1.86. The number of hydrogen-bond donors (Lipinski definition) is 1. The average molecular weight is 221 g/mol. The van der Waals surface area contributed by atoms with Crippen molar-refractivity contribution in [3.63, 3.8) is 0 Å². The Morgan fingerprint density at radius 3 is 2.81 bits per heavy atom. The normalized spacial score (nSPS) is 12.6. The number of nitrogens with two attached hydrogens (primary N) is 1. The lowest BCUT2D eigenvalue weighted by Crippen LogP contribution is -2.16. The molecule has 0 saturated carbocycles. The summed E-state index contributed by atoms with van der Waals surface area (Å²) in [6.45, 7) is 0.317. The largest absolute Gasteiger partial charge is 0.383 e. The molecule has 0 bridgehead atoms. The number of nitrogens with zero attached hydrogens (tertiary/aromatic N) is 4. The number of rotatable bonds is 4. The third kappa shape index (κ3) is 2.20. The van der Waals surface area contributed by atoms with Crippen molar-refractivity contribution in [3.05, 3.63) is 24.4 Å². The first-order chi connectivity index (χ1) is 7.81. The topological polar surface area (TPSA) is 100.0 Å². The second-order valence-electron chi connectivity index (χ2n) is 3.09. The number of aromatic nitrogens is 4. The maximum atomic E-state index is 5.73. The summed E-state index contributed by atoms with van der Waals surface area (Å²) < 4.78 is 9.88. The van der Waals surface area contributed by atoms with Crippen LogP contribution in [-0.4, -0.2) is 33.8 Å². The van der Waals surface area contributed by atoms with E-state index in [9.17, 15) is 0 Å². The molecular weight excluding hydrogens is 210 g/mol. The Morgan fingerprint density at radius 1 is 1.38 bits per heavy atom. The standard InChI is InChI=1S/C9H11N5O2/c1-15-5-6(10)9-13-8(14-16-9)7-11-3-2-4-12-7/h2-4,6H,5,10H2,1H3. The molecule has 0 saturated heterocycles. The van der Waals surface area contributed by atoms with Crippen molar-refractivity contribution < 1.29 is 9.26 Å². The highest BCUT2D eigenvalue weighted by Crippen LogP contribution is 2.13. The van der Waals surface area contributed by atoms with Gasteiger partial charge in [0.05, 0.1) is 6.61 Å². The van der Waals surface area contributed by atoms with Crippen LogP contribution in [0.4, 0.5) is 0 Å². The monoisotopic (exact) mass is 221 g/mol. The van der Waals surface area contributed by atoms with Crippen molar-refractivity contribution in [1.29, 1.82) is 0 Å². The molecule has 0 spiro atoms. The maximum absolute atomic E-state index is 5.73. The summed E-state index contributed by atoms with van der Waals surface area (Å²) in [7, 11) is 1.55. The molecule has 7 heteroatoms. The first kappa shape index (κ1) is 10.7. The van der Waals surface area contributed by atoms with Crippen LogP contribution in [0.1, 0.15) is 11.9 Å². The zero-order valence-electron chi connectivity index (χ0n) is 8.70. The molecule has 84 valence electrons. The van der Waals surface area contributed by atoms with E-state index in [1.165, 1.54) is 0 Å². The molecule has 2 N–H and O–H groups in total. The highest BCUT2D eigenvalue weighted by atomic mass is 16.5. The molecule has 0 aliphatic rings. The van der Waals surface area contributed by atoms with Crippen molar-refractivity contribution in [2.75, 3.05) is 13.7 Å². The summed E-state index contributed by atoms with van der Waals surface area (Å²) in [6, 6.07) is 1.27. The number of ether oxygens (including phenoxy) is 1. The minimum absolute atomic E-state index is 0.310. The molecule has 0 amide bonds. The molecule has 2 rings (SSSR count). The Balaban J connectivity index is 2.20. The first-order valence-electron chi connectivity index (χ1n) is 4.66. The summed E-state index contributed by atoms with van der Waals surface area (Å²) in [5.41, 5.74) is 5.73. The fraction of sp³-hybridized carbons (Fsp3) is 0.333. The van der Waals surface area contributed by atoms with Gasteiger partial charge in [0.2, 0.25) is 17.5 Å². The van der Waals surface area contributed by atoms with E-state index in [1.807, 2.05) is 0 Å². The lowest BCUT2D eigenvalue weighted by molar-refractivity contribution is 0.166. The summed E-state index contributed by atoms with van der Waals surface area (Å²) in [5, 5.41) is 3.74. The van der Waals surface area contributed by atoms with Gasteiger partial charge in [-0.05, 0) is 6.07 Å².